The van der Waals surface area contributed by atoms with Crippen molar-refractivity contribution in [2.75, 3.05) is 19.8 Å². The summed E-state index contributed by atoms with van der Waals surface area (Å²) in [6.45, 7) is 1.35. The molecule has 0 bridgehead atoms. The molecule has 1 N–H and O–H groups in total. The smallest absolute Gasteiger partial charge is 0.305 e. The van der Waals surface area contributed by atoms with Crippen molar-refractivity contribution >= 4 is 11.9 Å². The van der Waals surface area contributed by atoms with Crippen LogP contribution in [0.1, 0.15) is 25.7 Å². The van der Waals surface area contributed by atoms with E-state index in [9.17, 15) is 9.59 Å². The standard InChI is InChI=1S/C13H19NO4/c15-12(16)8-11-9-18-7-6-14(11)13(17)10-4-2-1-3-5-10/h1-2,10-11H,3-9H2,(H,15,16). The molecular weight excluding hydrogens is 234 g/mol. The zero-order chi connectivity index (χ0) is 13.0. The molecule has 2 aliphatic rings. The average Bonchev–Trinajstić information content (AvgIpc) is 2.39. The molecule has 1 amide bonds. The molecular formula is C13H19NO4. The monoisotopic (exact) mass is 253 g/mol. The summed E-state index contributed by atoms with van der Waals surface area (Å²) in [6.07, 6.45) is 6.68. The number of hydrogen-bond donors (Lipinski definition) is 1. The van der Waals surface area contributed by atoms with Gasteiger partial charge in [-0.1, -0.05) is 12.2 Å². The second-order valence-corrected chi connectivity index (χ2v) is 4.84. The summed E-state index contributed by atoms with van der Waals surface area (Å²) in [5.41, 5.74) is 0. The Hall–Kier alpha value is -1.36. The first-order valence-corrected chi connectivity index (χ1v) is 6.43. The lowest BCUT2D eigenvalue weighted by atomic mass is 9.92. The van der Waals surface area contributed by atoms with Gasteiger partial charge in [0.25, 0.3) is 0 Å². The van der Waals surface area contributed by atoms with E-state index in [1.54, 1.807) is 4.90 Å². The highest BCUT2D eigenvalue weighted by atomic mass is 16.5. The van der Waals surface area contributed by atoms with E-state index in [2.05, 4.69) is 6.08 Å². The molecule has 0 radical (unpaired) electrons. The number of ether oxygens (including phenoxy) is 1. The third-order valence-electron chi connectivity index (χ3n) is 3.54. The summed E-state index contributed by atoms with van der Waals surface area (Å²) >= 11 is 0. The fourth-order valence-corrected chi connectivity index (χ4v) is 2.57. The molecule has 0 saturated carbocycles. The van der Waals surface area contributed by atoms with Crippen molar-refractivity contribution in [1.29, 1.82) is 0 Å². The maximum Gasteiger partial charge on any atom is 0.305 e. The van der Waals surface area contributed by atoms with Crippen molar-refractivity contribution in [3.05, 3.63) is 12.2 Å². The van der Waals surface area contributed by atoms with Crippen molar-refractivity contribution in [2.45, 2.75) is 31.7 Å². The molecule has 18 heavy (non-hydrogen) atoms. The van der Waals surface area contributed by atoms with E-state index in [1.807, 2.05) is 6.08 Å². The average molecular weight is 253 g/mol. The first-order chi connectivity index (χ1) is 8.68. The van der Waals surface area contributed by atoms with Gasteiger partial charge in [-0.25, -0.2) is 0 Å². The maximum atomic E-state index is 12.4. The number of carboxylic acid groups (broad SMARTS) is 1. The van der Waals surface area contributed by atoms with E-state index in [0.717, 1.165) is 19.3 Å². The molecule has 1 saturated heterocycles. The van der Waals surface area contributed by atoms with Crippen molar-refractivity contribution in [2.24, 2.45) is 5.92 Å². The summed E-state index contributed by atoms with van der Waals surface area (Å²) in [4.78, 5) is 24.9. The van der Waals surface area contributed by atoms with Crippen molar-refractivity contribution < 1.29 is 19.4 Å². The van der Waals surface area contributed by atoms with Crippen LogP contribution >= 0.6 is 0 Å². The van der Waals surface area contributed by atoms with Gasteiger partial charge in [0.05, 0.1) is 25.7 Å². The normalized spacial score (nSPS) is 28.1. The predicted octanol–water partition coefficient (Wildman–Crippen LogP) is 1.04. The Balaban J connectivity index is 2.00. The molecule has 5 nitrogen and oxygen atoms in total. The molecule has 0 spiro atoms. The number of carboxylic acids is 1. The van der Waals surface area contributed by atoms with Crippen molar-refractivity contribution in [3.8, 4) is 0 Å². The molecule has 1 fully saturated rings. The van der Waals surface area contributed by atoms with Crippen LogP contribution in [0.5, 0.6) is 0 Å². The predicted molar refractivity (Wildman–Crippen MR) is 65.1 cm³/mol. The Morgan fingerprint density at radius 1 is 1.39 bits per heavy atom. The summed E-state index contributed by atoms with van der Waals surface area (Å²) in [7, 11) is 0. The summed E-state index contributed by atoms with van der Waals surface area (Å²) in [5, 5.41) is 8.87. The lowest BCUT2D eigenvalue weighted by Gasteiger charge is -2.37. The van der Waals surface area contributed by atoms with Gasteiger partial charge in [-0.15, -0.1) is 0 Å². The van der Waals surface area contributed by atoms with E-state index >= 15 is 0 Å². The van der Waals surface area contributed by atoms with Crippen LogP contribution in [0, 0.1) is 5.92 Å². The first-order valence-electron chi connectivity index (χ1n) is 6.43. The fraction of sp³-hybridized carbons (Fsp3) is 0.692. The van der Waals surface area contributed by atoms with Gasteiger partial charge >= 0.3 is 5.97 Å². The quantitative estimate of drug-likeness (QED) is 0.763. The third kappa shape index (κ3) is 3.10. The Labute approximate surface area is 106 Å². The number of aliphatic carboxylic acids is 1. The lowest BCUT2D eigenvalue weighted by molar-refractivity contribution is -0.149. The highest BCUT2D eigenvalue weighted by Gasteiger charge is 2.32. The van der Waals surface area contributed by atoms with Gasteiger partial charge < -0.3 is 14.7 Å². The zero-order valence-electron chi connectivity index (χ0n) is 10.4. The van der Waals surface area contributed by atoms with Crippen LogP contribution in [0.3, 0.4) is 0 Å². The topological polar surface area (TPSA) is 66.8 Å². The molecule has 0 aromatic rings. The molecule has 2 unspecified atom stereocenters. The largest absolute Gasteiger partial charge is 0.481 e. The fourth-order valence-electron chi connectivity index (χ4n) is 2.57. The van der Waals surface area contributed by atoms with Gasteiger partial charge in [0, 0.05) is 12.5 Å². The van der Waals surface area contributed by atoms with Gasteiger partial charge in [0.2, 0.25) is 5.91 Å². The summed E-state index contributed by atoms with van der Waals surface area (Å²) in [6, 6.07) is -0.311. The second kappa shape index (κ2) is 6.00. The molecule has 1 aliphatic heterocycles. The first kappa shape index (κ1) is 13.1. The van der Waals surface area contributed by atoms with E-state index in [4.69, 9.17) is 9.84 Å². The Kier molecular flexibility index (Phi) is 4.36. The molecule has 1 heterocycles. The SMILES string of the molecule is O=C(O)CC1COCCN1C(=O)C1CC=CCC1. The van der Waals surface area contributed by atoms with E-state index < -0.39 is 5.97 Å². The van der Waals surface area contributed by atoms with Crippen LogP contribution in [-0.2, 0) is 14.3 Å². The zero-order valence-corrected chi connectivity index (χ0v) is 10.4. The maximum absolute atomic E-state index is 12.4. The minimum Gasteiger partial charge on any atom is -0.481 e. The number of morpholine rings is 1. The van der Waals surface area contributed by atoms with Crippen molar-refractivity contribution in [1.82, 2.24) is 4.90 Å². The van der Waals surface area contributed by atoms with Gasteiger partial charge in [-0.2, -0.15) is 0 Å². The van der Waals surface area contributed by atoms with Gasteiger partial charge in [0.1, 0.15) is 0 Å². The van der Waals surface area contributed by atoms with E-state index in [-0.39, 0.29) is 24.3 Å². The number of carbonyl (C=O) groups is 2. The molecule has 1 aliphatic carbocycles. The number of allylic oxidation sites excluding steroid dienone is 2. The van der Waals surface area contributed by atoms with Crippen LogP contribution in [0.25, 0.3) is 0 Å². The van der Waals surface area contributed by atoms with Crippen LogP contribution in [0.15, 0.2) is 12.2 Å². The minimum absolute atomic E-state index is 0.0180. The molecule has 5 heteroatoms. The molecule has 100 valence electrons. The minimum atomic E-state index is -0.883. The third-order valence-corrected chi connectivity index (χ3v) is 3.54. The number of amides is 1. The van der Waals surface area contributed by atoms with Crippen LogP contribution < -0.4 is 0 Å². The molecule has 2 rings (SSSR count). The van der Waals surface area contributed by atoms with Crippen molar-refractivity contribution in [3.63, 3.8) is 0 Å². The van der Waals surface area contributed by atoms with Crippen LogP contribution in [0.2, 0.25) is 0 Å². The molecule has 0 aromatic heterocycles. The number of carbonyl (C=O) groups excluding carboxylic acids is 1. The Morgan fingerprint density at radius 3 is 2.89 bits per heavy atom. The summed E-state index contributed by atoms with van der Waals surface area (Å²) in [5.74, 6) is -0.773. The number of rotatable bonds is 3. The Bertz CT molecular complexity index is 353. The highest BCUT2D eigenvalue weighted by molar-refractivity contribution is 5.80. The molecule has 2 atom stereocenters. The Morgan fingerprint density at radius 2 is 2.22 bits per heavy atom. The van der Waals surface area contributed by atoms with Gasteiger partial charge in [-0.05, 0) is 19.3 Å². The second-order valence-electron chi connectivity index (χ2n) is 4.84. The molecule has 0 aromatic carbocycles. The van der Waals surface area contributed by atoms with Gasteiger partial charge in [0.15, 0.2) is 0 Å². The van der Waals surface area contributed by atoms with E-state index in [1.165, 1.54) is 0 Å². The van der Waals surface area contributed by atoms with E-state index in [0.29, 0.717) is 19.8 Å². The highest BCUT2D eigenvalue weighted by Crippen LogP contribution is 2.23. The lowest BCUT2D eigenvalue weighted by Crippen LogP contribution is -2.51. The van der Waals surface area contributed by atoms with Gasteiger partial charge in [-0.3, -0.25) is 9.59 Å². The van der Waals surface area contributed by atoms with Crippen LogP contribution in [0.4, 0.5) is 0 Å². The summed E-state index contributed by atoms with van der Waals surface area (Å²) < 4.78 is 5.28. The van der Waals surface area contributed by atoms with Crippen LogP contribution in [-0.4, -0.2) is 47.7 Å². The number of nitrogens with zero attached hydrogens (tertiary/aromatic N) is 1. The number of hydrogen-bond acceptors (Lipinski definition) is 3.